The van der Waals surface area contributed by atoms with Crippen molar-refractivity contribution in [1.82, 2.24) is 4.90 Å². The fourth-order valence-corrected chi connectivity index (χ4v) is 2.24. The predicted octanol–water partition coefficient (Wildman–Crippen LogP) is 2.85. The summed E-state index contributed by atoms with van der Waals surface area (Å²) in [5.74, 6) is -0.0204. The first kappa shape index (κ1) is 14.6. The van der Waals surface area contributed by atoms with Crippen LogP contribution >= 0.6 is 22.6 Å². The second-order valence-electron chi connectivity index (χ2n) is 4.57. The Morgan fingerprint density at radius 2 is 2.05 bits per heavy atom. The molecule has 0 aliphatic heterocycles. The highest BCUT2D eigenvalue weighted by atomic mass is 127. The number of carbonyl (C=O) groups is 1. The number of rotatable bonds is 3. The molecule has 0 spiro atoms. The Hall–Kier alpha value is -1.76. The largest absolute Gasteiger partial charge is 0.507 e. The average Bonchev–Trinajstić information content (AvgIpc) is 2.41. The van der Waals surface area contributed by atoms with Gasteiger partial charge in [0, 0.05) is 24.8 Å². The van der Waals surface area contributed by atoms with E-state index in [9.17, 15) is 9.90 Å². The van der Waals surface area contributed by atoms with Crippen LogP contribution in [-0.2, 0) is 6.54 Å². The van der Waals surface area contributed by atoms with E-state index < -0.39 is 0 Å². The van der Waals surface area contributed by atoms with Gasteiger partial charge in [-0.2, -0.15) is 0 Å². The highest BCUT2D eigenvalue weighted by molar-refractivity contribution is 14.1. The Morgan fingerprint density at radius 3 is 2.70 bits per heavy atom. The molecular formula is C15H15IN2O2. The van der Waals surface area contributed by atoms with Gasteiger partial charge >= 0.3 is 0 Å². The fourth-order valence-electron chi connectivity index (χ4n) is 1.90. The van der Waals surface area contributed by atoms with Gasteiger partial charge in [0.15, 0.2) is 0 Å². The van der Waals surface area contributed by atoms with Crippen molar-refractivity contribution in [3.05, 3.63) is 57.2 Å². The highest BCUT2D eigenvalue weighted by Gasteiger charge is 2.13. The summed E-state index contributed by atoms with van der Waals surface area (Å²) in [5, 5.41) is 9.66. The maximum absolute atomic E-state index is 12.3. The monoisotopic (exact) mass is 382 g/mol. The second kappa shape index (κ2) is 6.13. The highest BCUT2D eigenvalue weighted by Crippen LogP contribution is 2.21. The molecule has 104 valence electrons. The smallest absolute Gasteiger partial charge is 0.254 e. The van der Waals surface area contributed by atoms with Crippen LogP contribution in [0.3, 0.4) is 0 Å². The summed E-state index contributed by atoms with van der Waals surface area (Å²) >= 11 is 2.02. The molecule has 0 atom stereocenters. The van der Waals surface area contributed by atoms with Crippen molar-refractivity contribution >= 4 is 34.2 Å². The van der Waals surface area contributed by atoms with Crippen molar-refractivity contribution in [2.45, 2.75) is 6.54 Å². The molecule has 2 rings (SSSR count). The van der Waals surface area contributed by atoms with Crippen molar-refractivity contribution in [3.8, 4) is 5.75 Å². The van der Waals surface area contributed by atoms with E-state index in [0.29, 0.717) is 17.8 Å². The summed E-state index contributed by atoms with van der Waals surface area (Å²) in [6, 6.07) is 12.3. The maximum Gasteiger partial charge on any atom is 0.254 e. The summed E-state index contributed by atoms with van der Waals surface area (Å²) in [6.07, 6.45) is 0. The number of phenolic OH excluding ortho intramolecular Hbond substituents is 1. The summed E-state index contributed by atoms with van der Waals surface area (Å²) in [6.45, 7) is 0.469. The number of carbonyl (C=O) groups excluding carboxylic acids is 1. The van der Waals surface area contributed by atoms with E-state index in [1.54, 1.807) is 24.1 Å². The number of nitrogen functional groups attached to an aromatic ring is 1. The SMILES string of the molecule is CN(Cc1cccc(N)c1)C(=O)c1ccc(I)c(O)c1. The van der Waals surface area contributed by atoms with Gasteiger partial charge in [-0.15, -0.1) is 0 Å². The van der Waals surface area contributed by atoms with Crippen molar-refractivity contribution in [2.24, 2.45) is 0 Å². The first-order chi connectivity index (χ1) is 9.47. The van der Waals surface area contributed by atoms with Gasteiger partial charge in [-0.1, -0.05) is 12.1 Å². The van der Waals surface area contributed by atoms with Crippen LogP contribution in [-0.4, -0.2) is 23.0 Å². The lowest BCUT2D eigenvalue weighted by molar-refractivity contribution is 0.0784. The Kier molecular flexibility index (Phi) is 4.49. The number of aromatic hydroxyl groups is 1. The molecule has 0 fully saturated rings. The number of nitrogens with two attached hydrogens (primary N) is 1. The average molecular weight is 382 g/mol. The summed E-state index contributed by atoms with van der Waals surface area (Å²) in [7, 11) is 1.72. The molecule has 0 saturated heterocycles. The lowest BCUT2D eigenvalue weighted by Crippen LogP contribution is -2.26. The molecule has 3 N–H and O–H groups in total. The second-order valence-corrected chi connectivity index (χ2v) is 5.73. The number of nitrogens with zero attached hydrogens (tertiary/aromatic N) is 1. The van der Waals surface area contributed by atoms with Crippen molar-refractivity contribution < 1.29 is 9.90 Å². The zero-order valence-electron chi connectivity index (χ0n) is 11.0. The number of halogens is 1. The molecule has 0 radical (unpaired) electrons. The van der Waals surface area contributed by atoms with E-state index >= 15 is 0 Å². The molecule has 5 heteroatoms. The van der Waals surface area contributed by atoms with Crippen LogP contribution < -0.4 is 5.73 Å². The number of phenols is 1. The van der Waals surface area contributed by atoms with Crippen LogP contribution in [0.2, 0.25) is 0 Å². The maximum atomic E-state index is 12.3. The van der Waals surface area contributed by atoms with Crippen LogP contribution in [0.5, 0.6) is 5.75 Å². The fraction of sp³-hybridized carbons (Fsp3) is 0.133. The van der Waals surface area contributed by atoms with Gasteiger partial charge in [-0.3, -0.25) is 4.79 Å². The Labute approximate surface area is 131 Å². The van der Waals surface area contributed by atoms with Crippen molar-refractivity contribution in [1.29, 1.82) is 0 Å². The van der Waals surface area contributed by atoms with Crippen LogP contribution in [0, 0.1) is 3.57 Å². The molecular weight excluding hydrogens is 367 g/mol. The molecule has 0 unspecified atom stereocenters. The molecule has 0 bridgehead atoms. The van der Waals surface area contributed by atoms with E-state index in [4.69, 9.17) is 5.73 Å². The molecule has 0 aliphatic rings. The zero-order valence-corrected chi connectivity index (χ0v) is 13.2. The molecule has 0 aromatic heterocycles. The first-order valence-electron chi connectivity index (χ1n) is 6.06. The molecule has 1 amide bonds. The van der Waals surface area contributed by atoms with Gasteiger partial charge in [0.2, 0.25) is 0 Å². The summed E-state index contributed by atoms with van der Waals surface area (Å²) in [4.78, 5) is 13.9. The lowest BCUT2D eigenvalue weighted by atomic mass is 10.1. The third-order valence-corrected chi connectivity index (χ3v) is 3.82. The molecule has 0 aliphatic carbocycles. The van der Waals surface area contributed by atoms with Crippen LogP contribution in [0.1, 0.15) is 15.9 Å². The Morgan fingerprint density at radius 1 is 1.30 bits per heavy atom. The summed E-state index contributed by atoms with van der Waals surface area (Å²) in [5.41, 5.74) is 7.83. The minimum atomic E-state index is -0.140. The number of hydrogen-bond donors (Lipinski definition) is 2. The predicted molar refractivity (Wildman–Crippen MR) is 87.5 cm³/mol. The molecule has 2 aromatic carbocycles. The normalized spacial score (nSPS) is 10.3. The molecule has 4 nitrogen and oxygen atoms in total. The minimum Gasteiger partial charge on any atom is -0.507 e. The Balaban J connectivity index is 2.14. The quantitative estimate of drug-likeness (QED) is 0.634. The van der Waals surface area contributed by atoms with E-state index in [1.165, 1.54) is 6.07 Å². The van der Waals surface area contributed by atoms with E-state index in [2.05, 4.69) is 0 Å². The number of benzene rings is 2. The van der Waals surface area contributed by atoms with Crippen molar-refractivity contribution in [2.75, 3.05) is 12.8 Å². The lowest BCUT2D eigenvalue weighted by Gasteiger charge is -2.18. The molecule has 20 heavy (non-hydrogen) atoms. The first-order valence-corrected chi connectivity index (χ1v) is 7.13. The number of amides is 1. The van der Waals surface area contributed by atoms with Crippen LogP contribution in [0.25, 0.3) is 0 Å². The summed E-state index contributed by atoms with van der Waals surface area (Å²) < 4.78 is 0.720. The van der Waals surface area contributed by atoms with Crippen LogP contribution in [0.4, 0.5) is 5.69 Å². The molecule has 0 heterocycles. The molecule has 0 saturated carbocycles. The van der Waals surface area contributed by atoms with Gasteiger partial charge in [0.1, 0.15) is 5.75 Å². The van der Waals surface area contributed by atoms with Gasteiger partial charge in [0.25, 0.3) is 5.91 Å². The van der Waals surface area contributed by atoms with Gasteiger partial charge < -0.3 is 15.7 Å². The zero-order chi connectivity index (χ0) is 14.7. The molecule has 2 aromatic rings. The van der Waals surface area contributed by atoms with Gasteiger partial charge in [-0.05, 0) is 58.5 Å². The number of anilines is 1. The topological polar surface area (TPSA) is 66.6 Å². The third kappa shape index (κ3) is 3.41. The minimum absolute atomic E-state index is 0.119. The van der Waals surface area contributed by atoms with Crippen LogP contribution in [0.15, 0.2) is 42.5 Å². The Bertz CT molecular complexity index is 644. The number of hydrogen-bond acceptors (Lipinski definition) is 3. The van der Waals surface area contributed by atoms with E-state index in [-0.39, 0.29) is 11.7 Å². The van der Waals surface area contributed by atoms with E-state index in [0.717, 1.165) is 9.13 Å². The standard InChI is InChI=1S/C15H15IN2O2/c1-18(9-10-3-2-4-12(17)7-10)15(20)11-5-6-13(16)14(19)8-11/h2-8,19H,9,17H2,1H3. The van der Waals surface area contributed by atoms with Crippen molar-refractivity contribution in [3.63, 3.8) is 0 Å². The third-order valence-electron chi connectivity index (χ3n) is 2.91. The van der Waals surface area contributed by atoms with E-state index in [1.807, 2.05) is 46.9 Å². The van der Waals surface area contributed by atoms with Gasteiger partial charge in [-0.25, -0.2) is 0 Å². The van der Waals surface area contributed by atoms with Gasteiger partial charge in [0.05, 0.1) is 3.57 Å².